The van der Waals surface area contributed by atoms with E-state index in [0.717, 1.165) is 11.1 Å². The van der Waals surface area contributed by atoms with Crippen LogP contribution in [0.25, 0.3) is 11.0 Å². The standard InChI is InChI=1S/C20H20ClN3O2/c1-4-24-18-9-8-15(11-17(18)22-13(2)19(24)25)20(26)23(3)12-14-6-5-7-16(21)10-14/h5-11H,4,12H2,1-3H3. The predicted octanol–water partition coefficient (Wildman–Crippen LogP) is 3.65. The van der Waals surface area contributed by atoms with Crippen LogP contribution >= 0.6 is 11.6 Å². The van der Waals surface area contributed by atoms with Gasteiger partial charge in [0.25, 0.3) is 11.5 Å². The van der Waals surface area contributed by atoms with Gasteiger partial charge in [-0.25, -0.2) is 4.98 Å². The van der Waals surface area contributed by atoms with Crippen LogP contribution in [0.4, 0.5) is 0 Å². The van der Waals surface area contributed by atoms with Crippen molar-refractivity contribution in [2.24, 2.45) is 0 Å². The number of aromatic nitrogens is 2. The second kappa shape index (κ2) is 7.30. The molecule has 6 heteroatoms. The molecule has 0 bridgehead atoms. The van der Waals surface area contributed by atoms with Gasteiger partial charge in [-0.2, -0.15) is 0 Å². The molecule has 0 N–H and O–H groups in total. The normalized spacial score (nSPS) is 10.9. The summed E-state index contributed by atoms with van der Waals surface area (Å²) in [6, 6.07) is 12.7. The molecule has 0 fully saturated rings. The second-order valence-electron chi connectivity index (χ2n) is 6.24. The van der Waals surface area contributed by atoms with Crippen molar-refractivity contribution in [2.45, 2.75) is 26.9 Å². The molecule has 26 heavy (non-hydrogen) atoms. The molecule has 3 rings (SSSR count). The predicted molar refractivity (Wildman–Crippen MR) is 104 cm³/mol. The number of hydrogen-bond donors (Lipinski definition) is 0. The molecule has 0 aliphatic rings. The van der Waals surface area contributed by atoms with Crippen molar-refractivity contribution in [3.05, 3.63) is 74.7 Å². The number of amides is 1. The van der Waals surface area contributed by atoms with Gasteiger partial charge in [0.15, 0.2) is 0 Å². The van der Waals surface area contributed by atoms with Crippen LogP contribution in [0, 0.1) is 6.92 Å². The molecule has 0 spiro atoms. The average Bonchev–Trinajstić information content (AvgIpc) is 2.62. The van der Waals surface area contributed by atoms with Crippen molar-refractivity contribution < 1.29 is 4.79 Å². The maximum Gasteiger partial charge on any atom is 0.272 e. The molecule has 0 atom stereocenters. The van der Waals surface area contributed by atoms with Gasteiger partial charge < -0.3 is 9.47 Å². The van der Waals surface area contributed by atoms with Crippen molar-refractivity contribution >= 4 is 28.5 Å². The maximum absolute atomic E-state index is 12.8. The molecule has 0 saturated heterocycles. The van der Waals surface area contributed by atoms with Gasteiger partial charge in [0.1, 0.15) is 5.69 Å². The van der Waals surface area contributed by atoms with Gasteiger partial charge in [-0.15, -0.1) is 0 Å². The van der Waals surface area contributed by atoms with Crippen LogP contribution < -0.4 is 5.56 Å². The number of aryl methyl sites for hydroxylation is 2. The second-order valence-corrected chi connectivity index (χ2v) is 6.68. The first-order valence-electron chi connectivity index (χ1n) is 8.41. The van der Waals surface area contributed by atoms with Crippen LogP contribution in [0.5, 0.6) is 0 Å². The summed E-state index contributed by atoms with van der Waals surface area (Å²) in [6.07, 6.45) is 0. The molecule has 1 aromatic heterocycles. The van der Waals surface area contributed by atoms with Crippen LogP contribution in [0.2, 0.25) is 5.02 Å². The SMILES string of the molecule is CCn1c(=O)c(C)nc2cc(C(=O)N(C)Cc3cccc(Cl)c3)ccc21. The van der Waals surface area contributed by atoms with E-state index < -0.39 is 0 Å². The summed E-state index contributed by atoms with van der Waals surface area (Å²) in [6.45, 7) is 4.62. The summed E-state index contributed by atoms with van der Waals surface area (Å²) in [4.78, 5) is 31.0. The molecule has 0 saturated carbocycles. The lowest BCUT2D eigenvalue weighted by Gasteiger charge is -2.18. The van der Waals surface area contributed by atoms with Crippen molar-refractivity contribution in [1.82, 2.24) is 14.5 Å². The molecule has 134 valence electrons. The van der Waals surface area contributed by atoms with E-state index in [1.165, 1.54) is 0 Å². The number of hydrogen-bond acceptors (Lipinski definition) is 3. The van der Waals surface area contributed by atoms with E-state index in [2.05, 4.69) is 4.98 Å². The Morgan fingerprint density at radius 1 is 1.23 bits per heavy atom. The maximum atomic E-state index is 12.8. The number of nitrogens with zero attached hydrogens (tertiary/aromatic N) is 3. The van der Waals surface area contributed by atoms with Crippen molar-refractivity contribution in [3.8, 4) is 0 Å². The molecule has 2 aromatic carbocycles. The fourth-order valence-electron chi connectivity index (χ4n) is 3.02. The van der Waals surface area contributed by atoms with Crippen LogP contribution in [0.15, 0.2) is 47.3 Å². The summed E-state index contributed by atoms with van der Waals surface area (Å²) in [5.74, 6) is -0.111. The average molecular weight is 370 g/mol. The van der Waals surface area contributed by atoms with Crippen molar-refractivity contribution in [3.63, 3.8) is 0 Å². The van der Waals surface area contributed by atoms with Crippen molar-refractivity contribution in [2.75, 3.05) is 7.05 Å². The monoisotopic (exact) mass is 369 g/mol. The number of carbonyl (C=O) groups excluding carboxylic acids is 1. The van der Waals surface area contributed by atoms with E-state index >= 15 is 0 Å². The van der Waals surface area contributed by atoms with Gasteiger partial charge in [0.05, 0.1) is 11.0 Å². The molecule has 0 aliphatic heterocycles. The molecule has 0 unspecified atom stereocenters. The highest BCUT2D eigenvalue weighted by Crippen LogP contribution is 2.17. The topological polar surface area (TPSA) is 55.2 Å². The van der Waals surface area contributed by atoms with E-state index in [0.29, 0.717) is 34.9 Å². The Morgan fingerprint density at radius 3 is 2.69 bits per heavy atom. The minimum absolute atomic E-state index is 0.0999. The van der Waals surface area contributed by atoms with Crippen LogP contribution in [-0.4, -0.2) is 27.4 Å². The van der Waals surface area contributed by atoms with E-state index in [-0.39, 0.29) is 11.5 Å². The number of rotatable bonds is 4. The summed E-state index contributed by atoms with van der Waals surface area (Å²) in [5, 5.41) is 0.645. The number of halogens is 1. The van der Waals surface area contributed by atoms with Gasteiger partial charge in [-0.1, -0.05) is 23.7 Å². The van der Waals surface area contributed by atoms with Gasteiger partial charge >= 0.3 is 0 Å². The van der Waals surface area contributed by atoms with E-state index in [4.69, 9.17) is 11.6 Å². The molecule has 1 heterocycles. The lowest BCUT2D eigenvalue weighted by Crippen LogP contribution is -2.27. The van der Waals surface area contributed by atoms with Crippen LogP contribution in [0.3, 0.4) is 0 Å². The number of carbonyl (C=O) groups is 1. The Kier molecular flexibility index (Phi) is 5.09. The molecule has 3 aromatic rings. The Hall–Kier alpha value is -2.66. The van der Waals surface area contributed by atoms with E-state index in [9.17, 15) is 9.59 Å². The van der Waals surface area contributed by atoms with Gasteiger partial charge in [-0.3, -0.25) is 9.59 Å². The molecule has 1 amide bonds. The van der Waals surface area contributed by atoms with E-state index in [1.54, 1.807) is 47.7 Å². The lowest BCUT2D eigenvalue weighted by molar-refractivity contribution is 0.0785. The van der Waals surface area contributed by atoms with Gasteiger partial charge in [0, 0.05) is 30.7 Å². The first-order valence-corrected chi connectivity index (χ1v) is 8.79. The largest absolute Gasteiger partial charge is 0.337 e. The molecule has 0 radical (unpaired) electrons. The molecular formula is C20H20ClN3O2. The van der Waals surface area contributed by atoms with E-state index in [1.807, 2.05) is 25.1 Å². The highest BCUT2D eigenvalue weighted by molar-refractivity contribution is 6.30. The highest BCUT2D eigenvalue weighted by Gasteiger charge is 2.15. The minimum atomic E-state index is -0.111. The first kappa shape index (κ1) is 18.1. The van der Waals surface area contributed by atoms with Gasteiger partial charge in [-0.05, 0) is 49.7 Å². The van der Waals surface area contributed by atoms with Crippen LogP contribution in [-0.2, 0) is 13.1 Å². The zero-order valence-electron chi connectivity index (χ0n) is 15.0. The summed E-state index contributed by atoms with van der Waals surface area (Å²) < 4.78 is 1.67. The van der Waals surface area contributed by atoms with Crippen molar-refractivity contribution in [1.29, 1.82) is 0 Å². The number of fused-ring (bicyclic) bond motifs is 1. The lowest BCUT2D eigenvalue weighted by atomic mass is 10.1. The third-order valence-electron chi connectivity index (χ3n) is 4.33. The summed E-state index contributed by atoms with van der Waals surface area (Å²) in [7, 11) is 1.75. The highest BCUT2D eigenvalue weighted by atomic mass is 35.5. The Balaban J connectivity index is 1.93. The molecule has 5 nitrogen and oxygen atoms in total. The quantitative estimate of drug-likeness (QED) is 0.705. The molecule has 0 aliphatic carbocycles. The fourth-order valence-corrected chi connectivity index (χ4v) is 3.24. The third-order valence-corrected chi connectivity index (χ3v) is 4.56. The Labute approximate surface area is 156 Å². The zero-order chi connectivity index (χ0) is 18.8. The summed E-state index contributed by atoms with van der Waals surface area (Å²) >= 11 is 6.01. The molecular weight excluding hydrogens is 350 g/mol. The number of benzene rings is 2. The first-order chi connectivity index (χ1) is 12.4. The Bertz CT molecular complexity index is 1040. The Morgan fingerprint density at radius 2 is 2.00 bits per heavy atom. The fraction of sp³-hybridized carbons (Fsp3) is 0.250. The smallest absolute Gasteiger partial charge is 0.272 e. The van der Waals surface area contributed by atoms with Crippen LogP contribution in [0.1, 0.15) is 28.5 Å². The zero-order valence-corrected chi connectivity index (χ0v) is 15.7. The summed E-state index contributed by atoms with van der Waals surface area (Å²) in [5.41, 5.74) is 3.20. The third kappa shape index (κ3) is 3.48. The van der Waals surface area contributed by atoms with Gasteiger partial charge in [0.2, 0.25) is 0 Å². The minimum Gasteiger partial charge on any atom is -0.337 e.